The van der Waals surface area contributed by atoms with Gasteiger partial charge in [0.25, 0.3) is 0 Å². The standard InChI is InChI=1S/C29H30O4S2/c1-16(2)32-22-11-7-9-20(30-5)26(22)24-14-18-13-19-15-25(35-29(19)28(18)34-24)27-21(31-6)10-8-12-23(27)33-17(3)4/h7-12,14-17H,13H2,1-6H3. The summed E-state index contributed by atoms with van der Waals surface area (Å²) < 4.78 is 23.7. The molecule has 6 heteroatoms. The molecule has 0 spiro atoms. The van der Waals surface area contributed by atoms with Crippen LogP contribution in [-0.4, -0.2) is 26.4 Å². The van der Waals surface area contributed by atoms with Crippen molar-refractivity contribution in [1.82, 2.24) is 0 Å². The van der Waals surface area contributed by atoms with Crippen molar-refractivity contribution in [3.05, 3.63) is 59.7 Å². The Morgan fingerprint density at radius 3 is 1.40 bits per heavy atom. The van der Waals surface area contributed by atoms with Crippen molar-refractivity contribution in [2.45, 2.75) is 46.3 Å². The topological polar surface area (TPSA) is 36.9 Å². The van der Waals surface area contributed by atoms with Gasteiger partial charge < -0.3 is 18.9 Å². The number of ether oxygens (including phenoxy) is 4. The maximum atomic E-state index is 6.15. The highest BCUT2D eigenvalue weighted by Crippen LogP contribution is 2.54. The lowest BCUT2D eigenvalue weighted by Gasteiger charge is -2.16. The molecule has 0 amide bonds. The second-order valence-electron chi connectivity index (χ2n) is 9.11. The van der Waals surface area contributed by atoms with Gasteiger partial charge in [0.1, 0.15) is 23.0 Å². The largest absolute Gasteiger partial charge is 0.496 e. The van der Waals surface area contributed by atoms with E-state index in [0.29, 0.717) is 0 Å². The second-order valence-corrected chi connectivity index (χ2v) is 11.2. The SMILES string of the molecule is COc1cccc(OC(C)C)c1-c1cc2c(s1)-c1sc(-c3c(OC)cccc3OC(C)C)cc1C2. The van der Waals surface area contributed by atoms with E-state index >= 15 is 0 Å². The van der Waals surface area contributed by atoms with Crippen LogP contribution in [0.2, 0.25) is 0 Å². The van der Waals surface area contributed by atoms with E-state index in [0.717, 1.165) is 40.5 Å². The van der Waals surface area contributed by atoms with Crippen molar-refractivity contribution in [3.63, 3.8) is 0 Å². The Morgan fingerprint density at radius 1 is 0.629 bits per heavy atom. The average Bonchev–Trinajstić information content (AvgIpc) is 3.48. The maximum absolute atomic E-state index is 6.15. The molecule has 4 aromatic rings. The van der Waals surface area contributed by atoms with E-state index < -0.39 is 0 Å². The number of rotatable bonds is 8. The van der Waals surface area contributed by atoms with E-state index in [1.807, 2.05) is 86.8 Å². The summed E-state index contributed by atoms with van der Waals surface area (Å²) in [6.45, 7) is 8.19. The van der Waals surface area contributed by atoms with Gasteiger partial charge in [0, 0.05) is 25.9 Å². The van der Waals surface area contributed by atoms with Crippen LogP contribution in [0.15, 0.2) is 48.5 Å². The second kappa shape index (κ2) is 9.59. The summed E-state index contributed by atoms with van der Waals surface area (Å²) >= 11 is 3.62. The Kier molecular flexibility index (Phi) is 6.51. The summed E-state index contributed by atoms with van der Waals surface area (Å²) in [6.07, 6.45) is 1.09. The van der Waals surface area contributed by atoms with Gasteiger partial charge in [-0.2, -0.15) is 0 Å². The van der Waals surface area contributed by atoms with E-state index in [1.54, 1.807) is 14.2 Å². The molecule has 4 nitrogen and oxygen atoms in total. The van der Waals surface area contributed by atoms with Crippen molar-refractivity contribution in [1.29, 1.82) is 0 Å². The molecule has 5 rings (SSSR count). The number of fused-ring (bicyclic) bond motifs is 3. The fourth-order valence-electron chi connectivity index (χ4n) is 4.51. The number of thiophene rings is 2. The lowest BCUT2D eigenvalue weighted by Crippen LogP contribution is -2.06. The highest BCUT2D eigenvalue weighted by Gasteiger charge is 2.28. The summed E-state index contributed by atoms with van der Waals surface area (Å²) in [4.78, 5) is 5.00. The first-order chi connectivity index (χ1) is 16.9. The maximum Gasteiger partial charge on any atom is 0.132 e. The fourth-order valence-corrected chi connectivity index (χ4v) is 7.18. The van der Waals surface area contributed by atoms with Crippen LogP contribution >= 0.6 is 22.7 Å². The highest BCUT2D eigenvalue weighted by atomic mass is 32.1. The van der Waals surface area contributed by atoms with Crippen LogP contribution in [0.3, 0.4) is 0 Å². The summed E-state index contributed by atoms with van der Waals surface area (Å²) in [5, 5.41) is 0. The van der Waals surface area contributed by atoms with E-state index in [2.05, 4.69) is 12.1 Å². The first-order valence-corrected chi connectivity index (χ1v) is 13.5. The minimum Gasteiger partial charge on any atom is -0.496 e. The quantitative estimate of drug-likeness (QED) is 0.212. The monoisotopic (exact) mass is 506 g/mol. The van der Waals surface area contributed by atoms with E-state index in [-0.39, 0.29) is 12.2 Å². The molecule has 0 aliphatic heterocycles. The first-order valence-electron chi connectivity index (χ1n) is 11.8. The van der Waals surface area contributed by atoms with Crippen molar-refractivity contribution < 1.29 is 18.9 Å². The van der Waals surface area contributed by atoms with Crippen LogP contribution in [0.25, 0.3) is 30.6 Å². The van der Waals surface area contributed by atoms with E-state index in [4.69, 9.17) is 18.9 Å². The Bertz CT molecular complexity index is 1260. The zero-order chi connectivity index (χ0) is 24.7. The van der Waals surface area contributed by atoms with Crippen LogP contribution in [0.5, 0.6) is 23.0 Å². The minimum absolute atomic E-state index is 0.0854. The molecule has 0 saturated heterocycles. The number of hydrogen-bond acceptors (Lipinski definition) is 6. The van der Waals surface area contributed by atoms with Gasteiger partial charge in [-0.05, 0) is 75.2 Å². The lowest BCUT2D eigenvalue weighted by atomic mass is 10.1. The molecule has 0 radical (unpaired) electrons. The first kappa shape index (κ1) is 23.8. The number of benzene rings is 2. The predicted molar refractivity (Wildman–Crippen MR) is 146 cm³/mol. The van der Waals surface area contributed by atoms with E-state index in [9.17, 15) is 0 Å². The molecule has 2 aromatic heterocycles. The van der Waals surface area contributed by atoms with Gasteiger partial charge >= 0.3 is 0 Å². The molecule has 0 atom stereocenters. The number of methoxy groups -OCH3 is 2. The Balaban J connectivity index is 1.58. The molecule has 35 heavy (non-hydrogen) atoms. The lowest BCUT2D eigenvalue weighted by molar-refractivity contribution is 0.242. The van der Waals surface area contributed by atoms with Gasteiger partial charge in [-0.3, -0.25) is 0 Å². The van der Waals surface area contributed by atoms with Crippen LogP contribution in [0.4, 0.5) is 0 Å². The smallest absolute Gasteiger partial charge is 0.132 e. The third-order valence-electron chi connectivity index (χ3n) is 5.84. The van der Waals surface area contributed by atoms with Crippen molar-refractivity contribution >= 4 is 22.7 Å². The molecule has 0 fully saturated rings. The summed E-state index contributed by atoms with van der Waals surface area (Å²) in [7, 11) is 3.43. The van der Waals surface area contributed by atoms with Crippen LogP contribution in [0.1, 0.15) is 38.8 Å². The summed E-state index contributed by atoms with van der Waals surface area (Å²) in [6, 6.07) is 16.6. The average molecular weight is 507 g/mol. The molecule has 0 unspecified atom stereocenters. The van der Waals surface area contributed by atoms with Crippen molar-refractivity contribution in [2.75, 3.05) is 14.2 Å². The summed E-state index contributed by atoms with van der Waals surface area (Å²) in [5.41, 5.74) is 4.77. The molecule has 2 heterocycles. The minimum atomic E-state index is 0.0854. The third kappa shape index (κ3) is 4.41. The Labute approximate surface area is 215 Å². The predicted octanol–water partition coefficient (Wildman–Crippen LogP) is 8.31. The van der Waals surface area contributed by atoms with Gasteiger partial charge in [-0.1, -0.05) is 12.1 Å². The van der Waals surface area contributed by atoms with E-state index in [1.165, 1.54) is 30.6 Å². The summed E-state index contributed by atoms with van der Waals surface area (Å²) in [5.74, 6) is 3.38. The molecule has 2 aromatic carbocycles. The fraction of sp³-hybridized carbons (Fsp3) is 0.310. The Morgan fingerprint density at radius 2 is 1.03 bits per heavy atom. The molecule has 182 valence electrons. The van der Waals surface area contributed by atoms with Crippen LogP contribution < -0.4 is 18.9 Å². The van der Waals surface area contributed by atoms with Gasteiger partial charge in [0.15, 0.2) is 0 Å². The number of hydrogen-bond donors (Lipinski definition) is 0. The normalized spacial score (nSPS) is 12.1. The zero-order valence-corrected chi connectivity index (χ0v) is 22.6. The zero-order valence-electron chi connectivity index (χ0n) is 20.9. The highest BCUT2D eigenvalue weighted by molar-refractivity contribution is 7.25. The van der Waals surface area contributed by atoms with Crippen molar-refractivity contribution in [2.24, 2.45) is 0 Å². The molecule has 1 aliphatic rings. The molecule has 0 bridgehead atoms. The molecule has 0 N–H and O–H groups in total. The van der Waals surface area contributed by atoms with Gasteiger partial charge in [0.05, 0.1) is 37.6 Å². The van der Waals surface area contributed by atoms with Crippen LogP contribution in [0, 0.1) is 0 Å². The van der Waals surface area contributed by atoms with Gasteiger partial charge in [0.2, 0.25) is 0 Å². The molecular weight excluding hydrogens is 476 g/mol. The van der Waals surface area contributed by atoms with Crippen molar-refractivity contribution in [3.8, 4) is 53.6 Å². The van der Waals surface area contributed by atoms with Gasteiger partial charge in [-0.15, -0.1) is 22.7 Å². The molecule has 0 saturated carbocycles. The molecule has 1 aliphatic carbocycles. The Hall–Kier alpha value is -2.96. The molecular formula is C29H30O4S2. The van der Waals surface area contributed by atoms with Gasteiger partial charge in [-0.25, -0.2) is 0 Å². The van der Waals surface area contributed by atoms with Crippen LogP contribution in [-0.2, 0) is 6.42 Å². The third-order valence-corrected chi connectivity index (χ3v) is 8.39.